The molecular formula is C18H15N3O6. The zero-order valence-corrected chi connectivity index (χ0v) is 14.3. The molecule has 1 N–H and O–H groups in total. The van der Waals surface area contributed by atoms with Gasteiger partial charge in [0, 0.05) is 12.1 Å². The Kier molecular flexibility index (Phi) is 4.25. The molecule has 2 heterocycles. The van der Waals surface area contributed by atoms with Crippen molar-refractivity contribution in [3.05, 3.63) is 64.1 Å². The molecule has 1 aliphatic rings. The van der Waals surface area contributed by atoms with E-state index in [9.17, 15) is 9.90 Å². The maximum atomic E-state index is 12.5. The summed E-state index contributed by atoms with van der Waals surface area (Å²) in [6, 6.07) is 12.0. The van der Waals surface area contributed by atoms with E-state index in [2.05, 4.69) is 10.3 Å². The number of fused-ring (bicyclic) bond motifs is 1. The number of nitrogens with one attached hydrogen (secondary N) is 1. The molecule has 0 radical (unpaired) electrons. The standard InChI is InChI=1S/C18H15N3O6/c1-24-13-5-3-12(4-6-13)21-16(18(23)27-20-21)17(22)19-9-11-2-7-14-15(8-11)26-10-25-14/h2-8H,9-10H2,1H3,(H-,19,20,22,23). The molecule has 0 fully saturated rings. The minimum atomic E-state index is -0.801. The number of H-pyrrole nitrogens is 1. The van der Waals surface area contributed by atoms with Gasteiger partial charge >= 0.3 is 11.3 Å². The Bertz CT molecular complexity index is 1050. The first-order valence-electron chi connectivity index (χ1n) is 8.04. The lowest BCUT2D eigenvalue weighted by molar-refractivity contribution is -0.673. The molecule has 0 amide bonds. The lowest BCUT2D eigenvalue weighted by atomic mass is 10.2. The Morgan fingerprint density at radius 1 is 1.22 bits per heavy atom. The molecule has 1 aliphatic heterocycles. The highest BCUT2D eigenvalue weighted by Crippen LogP contribution is 2.32. The fourth-order valence-corrected chi connectivity index (χ4v) is 2.65. The summed E-state index contributed by atoms with van der Waals surface area (Å²) < 4.78 is 21.7. The highest BCUT2D eigenvalue weighted by atomic mass is 16.7. The number of ether oxygens (including phenoxy) is 3. The van der Waals surface area contributed by atoms with Crippen molar-refractivity contribution in [1.82, 2.24) is 5.27 Å². The van der Waals surface area contributed by atoms with E-state index < -0.39 is 11.5 Å². The molecule has 0 aliphatic carbocycles. The van der Waals surface area contributed by atoms with Crippen LogP contribution in [0.5, 0.6) is 17.2 Å². The summed E-state index contributed by atoms with van der Waals surface area (Å²) in [4.78, 5) is 16.0. The Hall–Kier alpha value is -3.75. The van der Waals surface area contributed by atoms with Gasteiger partial charge in [-0.25, -0.2) is 4.79 Å². The monoisotopic (exact) mass is 369 g/mol. The topological polar surface area (TPSA) is 113 Å². The Morgan fingerprint density at radius 3 is 2.78 bits per heavy atom. The van der Waals surface area contributed by atoms with E-state index in [4.69, 9.17) is 18.7 Å². The van der Waals surface area contributed by atoms with Crippen molar-refractivity contribution in [3.8, 4) is 22.9 Å². The van der Waals surface area contributed by atoms with E-state index in [1.807, 2.05) is 0 Å². The van der Waals surface area contributed by atoms with Crippen LogP contribution in [0.3, 0.4) is 0 Å². The lowest BCUT2D eigenvalue weighted by Crippen LogP contribution is -2.44. The van der Waals surface area contributed by atoms with E-state index in [1.165, 1.54) is 4.68 Å². The van der Waals surface area contributed by atoms with E-state index in [1.54, 1.807) is 49.6 Å². The predicted molar refractivity (Wildman–Crippen MR) is 90.2 cm³/mol. The Labute approximate surface area is 153 Å². The van der Waals surface area contributed by atoms with Gasteiger partial charge in [0.2, 0.25) is 12.5 Å². The van der Waals surface area contributed by atoms with Gasteiger partial charge in [-0.05, 0) is 39.8 Å². The van der Waals surface area contributed by atoms with Gasteiger partial charge in [0.1, 0.15) is 5.75 Å². The largest absolute Gasteiger partial charge is 0.854 e. The number of nitrogens with zero attached hydrogens (tertiary/aromatic N) is 2. The van der Waals surface area contributed by atoms with Crippen LogP contribution in [0.1, 0.15) is 11.3 Å². The van der Waals surface area contributed by atoms with E-state index in [0.29, 0.717) is 22.9 Å². The maximum Gasteiger partial charge on any atom is 0.436 e. The fraction of sp³-hybridized carbons (Fsp3) is 0.167. The van der Waals surface area contributed by atoms with Gasteiger partial charge in [-0.3, -0.25) is 9.52 Å². The fourth-order valence-electron chi connectivity index (χ4n) is 2.65. The van der Waals surface area contributed by atoms with Gasteiger partial charge in [-0.2, -0.15) is 0 Å². The lowest BCUT2D eigenvalue weighted by Gasteiger charge is -2.05. The van der Waals surface area contributed by atoms with Crippen molar-refractivity contribution in [3.63, 3.8) is 0 Å². The molecule has 2 aromatic carbocycles. The van der Waals surface area contributed by atoms with E-state index in [-0.39, 0.29) is 19.0 Å². The molecule has 4 rings (SSSR count). The first kappa shape index (κ1) is 16.7. The summed E-state index contributed by atoms with van der Waals surface area (Å²) in [5.41, 5.74) is 0.262. The number of aromatic nitrogens is 2. The summed E-state index contributed by atoms with van der Waals surface area (Å²) >= 11 is 0. The Morgan fingerprint density at radius 2 is 2.00 bits per heavy atom. The molecule has 3 aromatic rings. The molecule has 0 saturated heterocycles. The molecule has 27 heavy (non-hydrogen) atoms. The molecule has 0 spiro atoms. The number of rotatable bonds is 5. The second-order valence-electron chi connectivity index (χ2n) is 5.67. The minimum absolute atomic E-state index is 0.0860. The first-order chi connectivity index (χ1) is 13.2. The van der Waals surface area contributed by atoms with Gasteiger partial charge in [0.15, 0.2) is 11.5 Å². The van der Waals surface area contributed by atoms with Crippen LogP contribution in [0.2, 0.25) is 0 Å². The van der Waals surface area contributed by atoms with Crippen molar-refractivity contribution in [2.75, 3.05) is 13.9 Å². The molecule has 0 unspecified atom stereocenters. The van der Waals surface area contributed by atoms with Crippen LogP contribution < -0.4 is 29.6 Å². The molecule has 0 bridgehead atoms. The SMILES string of the molecule is COc1ccc(-[n+]2[nH]oc(=O)c2C([O-])=NCc2ccc3c(c2)OCO3)cc1. The van der Waals surface area contributed by atoms with Crippen LogP contribution >= 0.6 is 0 Å². The van der Waals surface area contributed by atoms with Gasteiger partial charge in [0.25, 0.3) is 0 Å². The van der Waals surface area contributed by atoms with Crippen LogP contribution in [0.15, 0.2) is 56.8 Å². The smallest absolute Gasteiger partial charge is 0.436 e. The highest BCUT2D eigenvalue weighted by molar-refractivity contribution is 5.86. The zero-order chi connectivity index (χ0) is 18.8. The number of aromatic amines is 1. The normalized spacial score (nSPS) is 13.0. The number of benzene rings is 2. The van der Waals surface area contributed by atoms with Crippen molar-refractivity contribution in [2.45, 2.75) is 6.54 Å². The molecule has 9 nitrogen and oxygen atoms in total. The summed E-state index contributed by atoms with van der Waals surface area (Å²) in [5.74, 6) is 1.20. The van der Waals surface area contributed by atoms with Crippen LogP contribution in [0, 0.1) is 0 Å². The molecule has 0 atom stereocenters. The number of aliphatic imine (C=N–C) groups is 1. The van der Waals surface area contributed by atoms with E-state index in [0.717, 1.165) is 5.56 Å². The quantitative estimate of drug-likeness (QED) is 0.393. The second kappa shape index (κ2) is 6.87. The second-order valence-corrected chi connectivity index (χ2v) is 5.67. The Balaban J connectivity index is 1.61. The number of hydrogen-bond donors (Lipinski definition) is 1. The van der Waals surface area contributed by atoms with Gasteiger partial charge in [-0.1, -0.05) is 6.07 Å². The van der Waals surface area contributed by atoms with E-state index >= 15 is 0 Å². The summed E-state index contributed by atoms with van der Waals surface area (Å²) in [5, 5.41) is 14.9. The van der Waals surface area contributed by atoms with Crippen LogP contribution in [-0.4, -0.2) is 25.1 Å². The first-order valence-corrected chi connectivity index (χ1v) is 8.04. The van der Waals surface area contributed by atoms with Crippen LogP contribution in [0.25, 0.3) is 5.69 Å². The third-order valence-corrected chi connectivity index (χ3v) is 4.02. The summed E-state index contributed by atoms with van der Waals surface area (Å²) in [7, 11) is 1.55. The number of methoxy groups -OCH3 is 1. The molecular weight excluding hydrogens is 354 g/mol. The van der Waals surface area contributed by atoms with Crippen molar-refractivity contribution < 1.29 is 28.5 Å². The molecule has 0 saturated carbocycles. The van der Waals surface area contributed by atoms with Gasteiger partial charge in [-0.15, -0.1) is 0 Å². The predicted octanol–water partition coefficient (Wildman–Crippen LogP) is 0.289. The van der Waals surface area contributed by atoms with Crippen LogP contribution in [0.4, 0.5) is 0 Å². The molecule has 9 heteroatoms. The van der Waals surface area contributed by atoms with Crippen molar-refractivity contribution in [1.29, 1.82) is 0 Å². The highest BCUT2D eigenvalue weighted by Gasteiger charge is 2.23. The van der Waals surface area contributed by atoms with Gasteiger partial charge in [0.05, 0.1) is 19.6 Å². The van der Waals surface area contributed by atoms with Crippen molar-refractivity contribution in [2.24, 2.45) is 4.99 Å². The third kappa shape index (κ3) is 3.22. The summed E-state index contributed by atoms with van der Waals surface area (Å²) in [6.07, 6.45) is 0. The summed E-state index contributed by atoms with van der Waals surface area (Å²) in [6.45, 7) is 0.254. The van der Waals surface area contributed by atoms with Crippen molar-refractivity contribution >= 4 is 5.90 Å². The molecule has 138 valence electrons. The minimum Gasteiger partial charge on any atom is -0.854 e. The maximum absolute atomic E-state index is 12.5. The molecule has 1 aromatic heterocycles. The average Bonchev–Trinajstić information content (AvgIpc) is 3.32. The van der Waals surface area contributed by atoms with Gasteiger partial charge < -0.3 is 19.3 Å². The van der Waals surface area contributed by atoms with Crippen LogP contribution in [-0.2, 0) is 6.54 Å². The number of hydrogen-bond acceptors (Lipinski definition) is 7. The zero-order valence-electron chi connectivity index (χ0n) is 14.3. The average molecular weight is 369 g/mol. The third-order valence-electron chi connectivity index (χ3n) is 4.02.